The van der Waals surface area contributed by atoms with E-state index in [2.05, 4.69) is 17.2 Å². The third kappa shape index (κ3) is 3.82. The molecule has 0 aliphatic heterocycles. The summed E-state index contributed by atoms with van der Waals surface area (Å²) in [6, 6.07) is 0. The summed E-state index contributed by atoms with van der Waals surface area (Å²) in [7, 11) is -1.92. The van der Waals surface area contributed by atoms with Crippen LogP contribution in [0.3, 0.4) is 0 Å². The van der Waals surface area contributed by atoms with Crippen LogP contribution in [0.4, 0.5) is 0 Å². The first-order valence-electron chi connectivity index (χ1n) is 4.01. The van der Waals surface area contributed by atoms with E-state index >= 15 is 0 Å². The number of thiazole rings is 1. The molecule has 5 nitrogen and oxygen atoms in total. The highest BCUT2D eigenvalue weighted by Gasteiger charge is 2.19. The molecule has 0 saturated heterocycles. The van der Waals surface area contributed by atoms with E-state index in [0.717, 1.165) is 0 Å². The van der Waals surface area contributed by atoms with Crippen LogP contribution in [-0.4, -0.2) is 35.5 Å². The monoisotopic (exact) mass is 265 g/mol. The number of sulfonamides is 1. The minimum Gasteiger partial charge on any atom is -0.392 e. The standard InChI is InChI=1S/C7H11N3O2S3/c1-10(2-6-3-14-5-9-6)15(11,12)4-7(8)13/h3,5H,2,4H2,1H3,(H2,8,13). The van der Waals surface area contributed by atoms with Gasteiger partial charge in [0, 0.05) is 12.4 Å². The minimum absolute atomic E-state index is 0.0277. The van der Waals surface area contributed by atoms with Gasteiger partial charge in [0.25, 0.3) is 0 Å². The van der Waals surface area contributed by atoms with E-state index in [4.69, 9.17) is 5.73 Å². The maximum atomic E-state index is 11.6. The fourth-order valence-corrected chi connectivity index (χ4v) is 2.84. The van der Waals surface area contributed by atoms with Gasteiger partial charge in [0.15, 0.2) is 0 Å². The van der Waals surface area contributed by atoms with Crippen LogP contribution in [-0.2, 0) is 16.6 Å². The quantitative estimate of drug-likeness (QED) is 0.769. The molecule has 0 amide bonds. The number of thiocarbonyl (C=S) groups is 1. The minimum atomic E-state index is -3.40. The maximum Gasteiger partial charge on any atom is 0.220 e. The van der Waals surface area contributed by atoms with Crippen molar-refractivity contribution in [1.82, 2.24) is 9.29 Å². The van der Waals surface area contributed by atoms with Crippen molar-refractivity contribution in [2.45, 2.75) is 6.54 Å². The van der Waals surface area contributed by atoms with Crippen LogP contribution in [0.25, 0.3) is 0 Å². The van der Waals surface area contributed by atoms with E-state index < -0.39 is 10.0 Å². The Bertz CT molecular complexity index is 426. The summed E-state index contributed by atoms with van der Waals surface area (Å²) in [5, 5.41) is 1.80. The van der Waals surface area contributed by atoms with Gasteiger partial charge >= 0.3 is 0 Å². The zero-order valence-electron chi connectivity index (χ0n) is 8.08. The van der Waals surface area contributed by atoms with Crippen molar-refractivity contribution in [3.63, 3.8) is 0 Å². The van der Waals surface area contributed by atoms with Gasteiger partial charge in [-0.2, -0.15) is 4.31 Å². The molecular formula is C7H11N3O2S3. The van der Waals surface area contributed by atoms with Crippen LogP contribution in [0.5, 0.6) is 0 Å². The van der Waals surface area contributed by atoms with E-state index in [9.17, 15) is 8.42 Å². The van der Waals surface area contributed by atoms with E-state index in [1.807, 2.05) is 0 Å². The molecule has 0 radical (unpaired) electrons. The van der Waals surface area contributed by atoms with Crippen molar-refractivity contribution in [2.24, 2.45) is 5.73 Å². The van der Waals surface area contributed by atoms with Crippen LogP contribution < -0.4 is 5.73 Å². The summed E-state index contributed by atoms with van der Waals surface area (Å²) in [6.07, 6.45) is 0. The van der Waals surface area contributed by atoms with Gasteiger partial charge in [0.2, 0.25) is 10.0 Å². The molecule has 15 heavy (non-hydrogen) atoms. The summed E-state index contributed by atoms with van der Waals surface area (Å²) < 4.78 is 24.4. The zero-order chi connectivity index (χ0) is 11.5. The summed E-state index contributed by atoms with van der Waals surface area (Å²) in [6.45, 7) is 0.244. The topological polar surface area (TPSA) is 76.3 Å². The van der Waals surface area contributed by atoms with Gasteiger partial charge in [-0.15, -0.1) is 11.3 Å². The average Bonchev–Trinajstić information content (AvgIpc) is 2.54. The Morgan fingerprint density at radius 1 is 1.73 bits per heavy atom. The molecule has 1 aromatic heterocycles. The van der Waals surface area contributed by atoms with Gasteiger partial charge in [0.1, 0.15) is 5.75 Å². The fourth-order valence-electron chi connectivity index (χ4n) is 0.932. The SMILES string of the molecule is CN(Cc1cscn1)S(=O)(=O)CC(N)=S. The lowest BCUT2D eigenvalue weighted by Crippen LogP contribution is -2.33. The Morgan fingerprint density at radius 3 is 2.87 bits per heavy atom. The Hall–Kier alpha value is -0.570. The molecule has 8 heteroatoms. The Kier molecular flexibility index (Phi) is 4.14. The van der Waals surface area contributed by atoms with E-state index in [0.29, 0.717) is 5.69 Å². The molecule has 0 aromatic carbocycles. The highest BCUT2D eigenvalue weighted by atomic mass is 32.2. The maximum absolute atomic E-state index is 11.6. The second-order valence-electron chi connectivity index (χ2n) is 2.96. The lowest BCUT2D eigenvalue weighted by molar-refractivity contribution is 0.466. The summed E-state index contributed by atoms with van der Waals surface area (Å²) >= 11 is 5.99. The molecule has 2 N–H and O–H groups in total. The van der Waals surface area contributed by atoms with Crippen molar-refractivity contribution >= 4 is 38.6 Å². The predicted octanol–water partition coefficient (Wildman–Crippen LogP) is 0.191. The van der Waals surface area contributed by atoms with Gasteiger partial charge in [0.05, 0.1) is 22.7 Å². The van der Waals surface area contributed by atoms with Gasteiger partial charge in [-0.25, -0.2) is 13.4 Å². The van der Waals surface area contributed by atoms with Crippen molar-refractivity contribution in [1.29, 1.82) is 0 Å². The van der Waals surface area contributed by atoms with Gasteiger partial charge in [-0.05, 0) is 0 Å². The Morgan fingerprint density at radius 2 is 2.40 bits per heavy atom. The number of nitrogens with zero attached hydrogens (tertiary/aromatic N) is 2. The van der Waals surface area contributed by atoms with Crippen molar-refractivity contribution < 1.29 is 8.42 Å². The molecule has 0 aliphatic carbocycles. The van der Waals surface area contributed by atoms with Crippen molar-refractivity contribution in [2.75, 3.05) is 12.8 Å². The molecule has 0 saturated carbocycles. The fraction of sp³-hybridized carbons (Fsp3) is 0.429. The summed E-state index contributed by atoms with van der Waals surface area (Å²) in [5.41, 5.74) is 7.57. The number of hydrogen-bond donors (Lipinski definition) is 1. The molecule has 0 unspecified atom stereocenters. The molecule has 0 aliphatic rings. The van der Waals surface area contributed by atoms with Gasteiger partial charge in [-0.1, -0.05) is 12.2 Å². The average molecular weight is 265 g/mol. The number of rotatable bonds is 5. The lowest BCUT2D eigenvalue weighted by atomic mass is 10.5. The third-order valence-corrected chi connectivity index (χ3v) is 4.38. The molecule has 1 rings (SSSR count). The van der Waals surface area contributed by atoms with Crippen LogP contribution in [0, 0.1) is 0 Å². The van der Waals surface area contributed by atoms with Crippen LogP contribution >= 0.6 is 23.6 Å². The smallest absolute Gasteiger partial charge is 0.220 e. The molecule has 1 heterocycles. The first-order chi connectivity index (χ1) is 6.92. The van der Waals surface area contributed by atoms with E-state index in [1.165, 1.54) is 22.7 Å². The molecule has 0 fully saturated rings. The number of aromatic nitrogens is 1. The highest BCUT2D eigenvalue weighted by Crippen LogP contribution is 2.07. The van der Waals surface area contributed by atoms with E-state index in [-0.39, 0.29) is 17.3 Å². The molecule has 0 bridgehead atoms. The van der Waals surface area contributed by atoms with Gasteiger partial charge < -0.3 is 5.73 Å². The molecule has 1 aromatic rings. The van der Waals surface area contributed by atoms with Crippen LogP contribution in [0.2, 0.25) is 0 Å². The van der Waals surface area contributed by atoms with Crippen molar-refractivity contribution in [3.8, 4) is 0 Å². The molecular weight excluding hydrogens is 254 g/mol. The Balaban J connectivity index is 2.68. The predicted molar refractivity (Wildman–Crippen MR) is 64.2 cm³/mol. The normalized spacial score (nSPS) is 11.9. The number of hydrogen-bond acceptors (Lipinski definition) is 5. The van der Waals surface area contributed by atoms with Crippen molar-refractivity contribution in [3.05, 3.63) is 16.6 Å². The molecule has 0 atom stereocenters. The summed E-state index contributed by atoms with van der Waals surface area (Å²) in [4.78, 5) is 3.97. The number of nitrogens with two attached hydrogens (primary N) is 1. The Labute approximate surface area is 98.0 Å². The second-order valence-corrected chi connectivity index (χ2v) is 6.28. The first-order valence-corrected chi connectivity index (χ1v) is 6.97. The lowest BCUT2D eigenvalue weighted by Gasteiger charge is -2.15. The van der Waals surface area contributed by atoms with Crippen LogP contribution in [0.15, 0.2) is 10.9 Å². The second kappa shape index (κ2) is 4.97. The largest absolute Gasteiger partial charge is 0.392 e. The molecule has 84 valence electrons. The first kappa shape index (κ1) is 12.5. The molecule has 0 spiro atoms. The third-order valence-electron chi connectivity index (χ3n) is 1.67. The van der Waals surface area contributed by atoms with E-state index in [1.54, 1.807) is 10.9 Å². The highest BCUT2D eigenvalue weighted by molar-refractivity contribution is 7.92. The zero-order valence-corrected chi connectivity index (χ0v) is 10.5. The van der Waals surface area contributed by atoms with Crippen LogP contribution in [0.1, 0.15) is 5.69 Å². The van der Waals surface area contributed by atoms with Gasteiger partial charge in [-0.3, -0.25) is 0 Å². The summed E-state index contributed by atoms with van der Waals surface area (Å²) in [5.74, 6) is -0.303.